The van der Waals surface area contributed by atoms with Gasteiger partial charge in [0, 0.05) is 19.4 Å². The van der Waals surface area contributed by atoms with Crippen molar-refractivity contribution in [1.29, 1.82) is 0 Å². The average Bonchev–Trinajstić information content (AvgIpc) is 2.44. The Kier molecular flexibility index (Phi) is 4.99. The molecule has 0 unspecified atom stereocenters. The van der Waals surface area contributed by atoms with Gasteiger partial charge in [0.2, 0.25) is 11.3 Å². The van der Waals surface area contributed by atoms with Gasteiger partial charge in [-0.1, -0.05) is 13.3 Å². The summed E-state index contributed by atoms with van der Waals surface area (Å²) in [5.41, 5.74) is 0.142. The molecule has 5 nitrogen and oxygen atoms in total. The number of hydrogen-bond donors (Lipinski definition) is 1. The van der Waals surface area contributed by atoms with Crippen LogP contribution in [-0.2, 0) is 11.8 Å². The Morgan fingerprint density at radius 2 is 2.20 bits per heavy atom. The maximum absolute atomic E-state index is 12.4. The van der Waals surface area contributed by atoms with E-state index in [1.54, 1.807) is 17.0 Å². The van der Waals surface area contributed by atoms with Gasteiger partial charge >= 0.3 is 0 Å². The number of hydrogen-bond acceptors (Lipinski definition) is 3. The Labute approximate surface area is 127 Å². The van der Waals surface area contributed by atoms with Crippen LogP contribution < -0.4 is 10.7 Å². The molecular weight excluding hydrogens is 322 g/mol. The summed E-state index contributed by atoms with van der Waals surface area (Å²) in [7, 11) is 1.82. The van der Waals surface area contributed by atoms with Gasteiger partial charge in [-0.05, 0) is 41.9 Å². The number of carbonyl (C=O) groups is 1. The van der Waals surface area contributed by atoms with Crippen LogP contribution in [0.5, 0.6) is 0 Å². The number of nitrogens with one attached hydrogen (secondary N) is 1. The number of amides is 1. The van der Waals surface area contributed by atoms with E-state index in [1.165, 1.54) is 0 Å². The van der Waals surface area contributed by atoms with Crippen molar-refractivity contribution in [3.8, 4) is 0 Å². The van der Waals surface area contributed by atoms with Crippen molar-refractivity contribution in [2.75, 3.05) is 18.4 Å². The molecule has 20 heavy (non-hydrogen) atoms. The van der Waals surface area contributed by atoms with Gasteiger partial charge in [0.05, 0.1) is 10.5 Å². The lowest BCUT2D eigenvalue weighted by Gasteiger charge is -2.33. The molecule has 1 amide bonds. The Morgan fingerprint density at radius 3 is 2.90 bits per heavy atom. The number of likely N-dealkylation sites (N-methyl/N-ethyl adjacent to an activating group) is 1. The van der Waals surface area contributed by atoms with Crippen LogP contribution in [0.2, 0.25) is 0 Å². The first-order valence-corrected chi connectivity index (χ1v) is 7.73. The van der Waals surface area contributed by atoms with E-state index in [4.69, 9.17) is 0 Å². The molecule has 1 aliphatic rings. The van der Waals surface area contributed by atoms with Crippen LogP contribution in [0, 0.1) is 0 Å². The molecule has 1 atom stereocenters. The monoisotopic (exact) mass is 341 g/mol. The SMILES string of the molecule is CCN1CCCC[C@@H]1C(=O)Nc1cn(C)cc(Br)c1=O. The number of rotatable bonds is 3. The molecule has 2 heterocycles. The highest BCUT2D eigenvalue weighted by molar-refractivity contribution is 9.10. The van der Waals surface area contributed by atoms with Crippen molar-refractivity contribution < 1.29 is 4.79 Å². The lowest BCUT2D eigenvalue weighted by atomic mass is 10.0. The van der Waals surface area contributed by atoms with Crippen molar-refractivity contribution in [2.24, 2.45) is 7.05 Å². The van der Waals surface area contributed by atoms with Crippen molar-refractivity contribution in [3.63, 3.8) is 0 Å². The number of carbonyl (C=O) groups excluding carboxylic acids is 1. The molecule has 1 fully saturated rings. The molecule has 1 aromatic rings. The fraction of sp³-hybridized carbons (Fsp3) is 0.571. The molecule has 1 saturated heterocycles. The van der Waals surface area contributed by atoms with Crippen molar-refractivity contribution in [3.05, 3.63) is 27.1 Å². The van der Waals surface area contributed by atoms with Gasteiger partial charge in [-0.15, -0.1) is 0 Å². The average molecular weight is 342 g/mol. The van der Waals surface area contributed by atoms with Crippen LogP contribution in [-0.4, -0.2) is 34.5 Å². The lowest BCUT2D eigenvalue weighted by molar-refractivity contribution is -0.122. The topological polar surface area (TPSA) is 54.3 Å². The smallest absolute Gasteiger partial charge is 0.241 e. The fourth-order valence-corrected chi connectivity index (χ4v) is 3.17. The number of aryl methyl sites for hydroxylation is 1. The summed E-state index contributed by atoms with van der Waals surface area (Å²) < 4.78 is 2.20. The second kappa shape index (κ2) is 6.54. The predicted octanol–water partition coefficient (Wildman–Crippen LogP) is 1.96. The summed E-state index contributed by atoms with van der Waals surface area (Å²) in [6, 6.07) is -0.127. The molecule has 0 aliphatic carbocycles. The number of likely N-dealkylation sites (tertiary alicyclic amines) is 1. The molecule has 0 bridgehead atoms. The van der Waals surface area contributed by atoms with Gasteiger partial charge in [0.1, 0.15) is 5.69 Å². The molecule has 1 aliphatic heterocycles. The molecule has 0 aromatic carbocycles. The number of anilines is 1. The fourth-order valence-electron chi connectivity index (χ4n) is 2.64. The van der Waals surface area contributed by atoms with Gasteiger partial charge in [0.25, 0.3) is 0 Å². The van der Waals surface area contributed by atoms with E-state index in [0.717, 1.165) is 32.4 Å². The third-order valence-electron chi connectivity index (χ3n) is 3.69. The Morgan fingerprint density at radius 1 is 1.45 bits per heavy atom. The maximum atomic E-state index is 12.4. The van der Waals surface area contributed by atoms with Crippen LogP contribution >= 0.6 is 15.9 Å². The van der Waals surface area contributed by atoms with Crippen LogP contribution in [0.1, 0.15) is 26.2 Å². The maximum Gasteiger partial charge on any atom is 0.241 e. The molecule has 0 radical (unpaired) electrons. The molecule has 0 saturated carbocycles. The van der Waals surface area contributed by atoms with Crippen LogP contribution in [0.3, 0.4) is 0 Å². The Bertz CT molecular complexity index is 556. The first-order valence-electron chi connectivity index (χ1n) is 6.93. The molecule has 1 N–H and O–H groups in total. The zero-order valence-electron chi connectivity index (χ0n) is 11.9. The minimum Gasteiger partial charge on any atom is -0.354 e. The number of nitrogens with zero attached hydrogens (tertiary/aromatic N) is 2. The minimum atomic E-state index is -0.185. The second-order valence-corrected chi connectivity index (χ2v) is 6.00. The summed E-state index contributed by atoms with van der Waals surface area (Å²) in [6.07, 6.45) is 6.37. The van der Waals surface area contributed by atoms with E-state index in [0.29, 0.717) is 10.2 Å². The van der Waals surface area contributed by atoms with Gasteiger partial charge in [-0.2, -0.15) is 0 Å². The Hall–Kier alpha value is -1.14. The third kappa shape index (κ3) is 3.30. The number of pyridine rings is 1. The van der Waals surface area contributed by atoms with E-state index < -0.39 is 0 Å². The van der Waals surface area contributed by atoms with Crippen LogP contribution in [0.25, 0.3) is 0 Å². The van der Waals surface area contributed by atoms with E-state index in [9.17, 15) is 9.59 Å². The summed E-state index contributed by atoms with van der Waals surface area (Å²) in [5.74, 6) is -0.0817. The third-order valence-corrected chi connectivity index (χ3v) is 4.26. The summed E-state index contributed by atoms with van der Waals surface area (Å²) >= 11 is 3.21. The van der Waals surface area contributed by atoms with Gasteiger partial charge in [0.15, 0.2) is 0 Å². The van der Waals surface area contributed by atoms with Gasteiger partial charge in [-0.25, -0.2) is 0 Å². The number of aromatic nitrogens is 1. The van der Waals surface area contributed by atoms with E-state index in [1.807, 2.05) is 7.05 Å². The van der Waals surface area contributed by atoms with Crippen LogP contribution in [0.15, 0.2) is 21.7 Å². The summed E-state index contributed by atoms with van der Waals surface area (Å²) in [4.78, 5) is 26.6. The van der Waals surface area contributed by atoms with Crippen molar-refractivity contribution >= 4 is 27.5 Å². The standard InChI is InChI=1S/C14H20BrN3O2/c1-3-18-7-5-4-6-12(18)14(20)16-11-9-17(2)8-10(15)13(11)19/h8-9,12H,3-7H2,1-2H3,(H,16,20)/t12-/m1/s1. The number of halogens is 1. The largest absolute Gasteiger partial charge is 0.354 e. The van der Waals surface area contributed by atoms with Crippen molar-refractivity contribution in [1.82, 2.24) is 9.47 Å². The van der Waals surface area contributed by atoms with Crippen molar-refractivity contribution in [2.45, 2.75) is 32.2 Å². The first-order chi connectivity index (χ1) is 9.52. The molecular formula is C14H20BrN3O2. The predicted molar refractivity (Wildman–Crippen MR) is 82.9 cm³/mol. The lowest BCUT2D eigenvalue weighted by Crippen LogP contribution is -2.47. The normalized spacial score (nSPS) is 19.9. The zero-order valence-corrected chi connectivity index (χ0v) is 13.4. The highest BCUT2D eigenvalue weighted by atomic mass is 79.9. The van der Waals surface area contributed by atoms with Gasteiger partial charge < -0.3 is 9.88 Å². The molecule has 110 valence electrons. The van der Waals surface area contributed by atoms with E-state index in [-0.39, 0.29) is 17.4 Å². The molecule has 2 rings (SSSR count). The first kappa shape index (κ1) is 15.3. The van der Waals surface area contributed by atoms with Crippen LogP contribution in [0.4, 0.5) is 5.69 Å². The minimum absolute atomic E-state index is 0.0817. The highest BCUT2D eigenvalue weighted by Gasteiger charge is 2.27. The van der Waals surface area contributed by atoms with Gasteiger partial charge in [-0.3, -0.25) is 14.5 Å². The second-order valence-electron chi connectivity index (χ2n) is 5.14. The Balaban J connectivity index is 2.17. The zero-order chi connectivity index (χ0) is 14.7. The summed E-state index contributed by atoms with van der Waals surface area (Å²) in [5, 5.41) is 2.78. The van der Waals surface area contributed by atoms with E-state index >= 15 is 0 Å². The molecule has 0 spiro atoms. The quantitative estimate of drug-likeness (QED) is 0.914. The summed E-state index contributed by atoms with van der Waals surface area (Å²) in [6.45, 7) is 3.86. The number of piperidine rings is 1. The molecule has 1 aromatic heterocycles. The molecule has 6 heteroatoms. The van der Waals surface area contributed by atoms with E-state index in [2.05, 4.69) is 33.1 Å². The highest BCUT2D eigenvalue weighted by Crippen LogP contribution is 2.18.